The van der Waals surface area contributed by atoms with Gasteiger partial charge in [-0.1, -0.05) is 13.0 Å². The Morgan fingerprint density at radius 3 is 2.69 bits per heavy atom. The maximum atomic E-state index is 13.7. The monoisotopic (exact) mass is 492 g/mol. The van der Waals surface area contributed by atoms with Crippen molar-refractivity contribution < 1.29 is 23.8 Å². The highest BCUT2D eigenvalue weighted by atomic mass is 19.1. The van der Waals surface area contributed by atoms with Crippen molar-refractivity contribution in [1.29, 1.82) is 0 Å². The molecule has 3 aromatic rings. The Hall–Kier alpha value is -3.85. The summed E-state index contributed by atoms with van der Waals surface area (Å²) in [7, 11) is 1.63. The molecule has 4 rings (SSSR count). The first-order valence-electron chi connectivity index (χ1n) is 11.8. The summed E-state index contributed by atoms with van der Waals surface area (Å²) in [6, 6.07) is 10.5. The minimum absolute atomic E-state index is 0.163. The normalized spacial score (nSPS) is 18.5. The Morgan fingerprint density at radius 2 is 2.00 bits per heavy atom. The highest BCUT2D eigenvalue weighted by molar-refractivity contribution is 5.98. The summed E-state index contributed by atoms with van der Waals surface area (Å²) in [6.07, 6.45) is 4.44. The van der Waals surface area contributed by atoms with Gasteiger partial charge in [-0.15, -0.1) is 0 Å². The van der Waals surface area contributed by atoms with Crippen LogP contribution in [0.2, 0.25) is 0 Å². The third-order valence-corrected chi connectivity index (χ3v) is 6.41. The van der Waals surface area contributed by atoms with E-state index in [1.165, 1.54) is 23.1 Å². The van der Waals surface area contributed by atoms with Crippen LogP contribution in [0, 0.1) is 11.7 Å². The van der Waals surface area contributed by atoms with Gasteiger partial charge in [-0.2, -0.15) is 0 Å². The Kier molecular flexibility index (Phi) is 7.59. The van der Waals surface area contributed by atoms with Crippen LogP contribution in [0.15, 0.2) is 61.1 Å². The van der Waals surface area contributed by atoms with E-state index in [0.717, 1.165) is 11.1 Å². The number of ether oxygens (including phenoxy) is 1. The first kappa shape index (κ1) is 25.2. The number of pyridine rings is 2. The molecule has 0 saturated heterocycles. The molecule has 2 aromatic heterocycles. The van der Waals surface area contributed by atoms with Gasteiger partial charge >= 0.3 is 0 Å². The zero-order chi connectivity index (χ0) is 25.8. The lowest BCUT2D eigenvalue weighted by molar-refractivity contribution is 0.0313. The van der Waals surface area contributed by atoms with E-state index in [-0.39, 0.29) is 47.9 Å². The number of halogens is 1. The van der Waals surface area contributed by atoms with Crippen molar-refractivity contribution in [2.45, 2.75) is 26.0 Å². The van der Waals surface area contributed by atoms with Crippen LogP contribution in [0.25, 0.3) is 11.1 Å². The number of carbonyl (C=O) groups is 2. The van der Waals surface area contributed by atoms with Gasteiger partial charge in [0.25, 0.3) is 11.8 Å². The SMILES string of the molecule is C[C@@H]1CN([C@@H](C)CO)C(=O)c2cc(-c3ccncc3)cnc2O[C@@H]1CN(C)C(=O)c1cccc(F)c1. The van der Waals surface area contributed by atoms with Gasteiger partial charge in [0.05, 0.1) is 19.2 Å². The first-order chi connectivity index (χ1) is 17.3. The standard InChI is InChI=1S/C27H29FN4O4/c1-17-14-32(18(2)16-33)27(35)23-12-21(19-7-9-29-10-8-19)13-30-25(23)36-24(17)15-31(3)26(34)20-5-4-6-22(28)11-20/h4-13,17-18,24,33H,14-16H2,1-3H3/t17-,18+,24-/m1/s1. The fraction of sp³-hybridized carbons (Fsp3) is 0.333. The molecule has 3 heterocycles. The van der Waals surface area contributed by atoms with Gasteiger partial charge in [0.1, 0.15) is 17.5 Å². The van der Waals surface area contributed by atoms with Crippen LogP contribution in [0.4, 0.5) is 4.39 Å². The summed E-state index contributed by atoms with van der Waals surface area (Å²) in [5, 5.41) is 9.84. The molecule has 0 aliphatic carbocycles. The number of nitrogens with zero attached hydrogens (tertiary/aromatic N) is 4. The highest BCUT2D eigenvalue weighted by Crippen LogP contribution is 2.30. The van der Waals surface area contributed by atoms with Gasteiger partial charge in [0, 0.05) is 49.2 Å². The maximum absolute atomic E-state index is 13.7. The summed E-state index contributed by atoms with van der Waals surface area (Å²) >= 11 is 0. The Labute approximate surface area is 209 Å². The zero-order valence-corrected chi connectivity index (χ0v) is 20.5. The maximum Gasteiger partial charge on any atom is 0.259 e. The number of hydrogen-bond donors (Lipinski definition) is 1. The molecule has 3 atom stereocenters. The predicted octanol–water partition coefficient (Wildman–Crippen LogP) is 3.28. The third-order valence-electron chi connectivity index (χ3n) is 6.41. The molecule has 0 unspecified atom stereocenters. The van der Waals surface area contributed by atoms with E-state index in [4.69, 9.17) is 4.74 Å². The number of amides is 2. The van der Waals surface area contributed by atoms with Crippen LogP contribution in [-0.2, 0) is 0 Å². The van der Waals surface area contributed by atoms with Crippen molar-refractivity contribution in [2.75, 3.05) is 26.7 Å². The van der Waals surface area contributed by atoms with Gasteiger partial charge in [0.15, 0.2) is 0 Å². The largest absolute Gasteiger partial charge is 0.472 e. The van der Waals surface area contributed by atoms with Crippen molar-refractivity contribution in [1.82, 2.24) is 19.8 Å². The van der Waals surface area contributed by atoms with Crippen molar-refractivity contribution >= 4 is 11.8 Å². The number of aromatic nitrogens is 2. The van der Waals surface area contributed by atoms with E-state index in [2.05, 4.69) is 9.97 Å². The first-order valence-corrected chi connectivity index (χ1v) is 11.8. The molecule has 36 heavy (non-hydrogen) atoms. The third kappa shape index (κ3) is 5.36. The molecule has 8 nitrogen and oxygen atoms in total. The van der Waals surface area contributed by atoms with Crippen LogP contribution in [0.3, 0.4) is 0 Å². The summed E-state index contributed by atoms with van der Waals surface area (Å²) in [6.45, 7) is 4.01. The summed E-state index contributed by atoms with van der Waals surface area (Å²) in [5.41, 5.74) is 2.10. The van der Waals surface area contributed by atoms with Crippen LogP contribution >= 0.6 is 0 Å². The molecule has 0 radical (unpaired) electrons. The van der Waals surface area contributed by atoms with Gasteiger partial charge in [-0.05, 0) is 48.9 Å². The molecule has 188 valence electrons. The average Bonchev–Trinajstić information content (AvgIpc) is 2.90. The van der Waals surface area contributed by atoms with Crippen molar-refractivity contribution in [2.24, 2.45) is 5.92 Å². The molecule has 2 amide bonds. The molecule has 1 aliphatic heterocycles. The molecule has 0 saturated carbocycles. The van der Waals surface area contributed by atoms with Crippen LogP contribution in [0.5, 0.6) is 5.88 Å². The number of hydrogen-bond acceptors (Lipinski definition) is 6. The molecular weight excluding hydrogens is 463 g/mol. The lowest BCUT2D eigenvalue weighted by Gasteiger charge is -2.37. The fourth-order valence-corrected chi connectivity index (χ4v) is 4.22. The second kappa shape index (κ2) is 10.8. The van der Waals surface area contributed by atoms with E-state index in [0.29, 0.717) is 6.54 Å². The topological polar surface area (TPSA) is 95.9 Å². The molecule has 1 aromatic carbocycles. The van der Waals surface area contributed by atoms with Gasteiger partial charge in [-0.25, -0.2) is 9.37 Å². The van der Waals surface area contributed by atoms with E-state index < -0.39 is 18.0 Å². The summed E-state index contributed by atoms with van der Waals surface area (Å²) < 4.78 is 19.9. The average molecular weight is 493 g/mol. The quantitative estimate of drug-likeness (QED) is 0.568. The highest BCUT2D eigenvalue weighted by Gasteiger charge is 2.35. The number of rotatable bonds is 6. The second-order valence-electron chi connectivity index (χ2n) is 9.13. The smallest absolute Gasteiger partial charge is 0.259 e. The number of aliphatic hydroxyl groups is 1. The van der Waals surface area contributed by atoms with Gasteiger partial charge in [-0.3, -0.25) is 14.6 Å². The molecule has 0 bridgehead atoms. The second-order valence-corrected chi connectivity index (χ2v) is 9.13. The van der Waals surface area contributed by atoms with Crippen LogP contribution in [0.1, 0.15) is 34.6 Å². The number of aliphatic hydroxyl groups excluding tert-OH is 1. The van der Waals surface area contributed by atoms with Crippen molar-refractivity contribution in [3.63, 3.8) is 0 Å². The Morgan fingerprint density at radius 1 is 1.25 bits per heavy atom. The molecule has 1 aliphatic rings. The van der Waals surface area contributed by atoms with Crippen LogP contribution in [-0.4, -0.2) is 75.6 Å². The van der Waals surface area contributed by atoms with Crippen LogP contribution < -0.4 is 4.74 Å². The minimum Gasteiger partial charge on any atom is -0.472 e. The molecule has 9 heteroatoms. The number of benzene rings is 1. The van der Waals surface area contributed by atoms with E-state index in [1.807, 2.05) is 19.1 Å². The van der Waals surface area contributed by atoms with Crippen molar-refractivity contribution in [3.05, 3.63) is 78.0 Å². The fourth-order valence-electron chi connectivity index (χ4n) is 4.22. The number of likely N-dealkylation sites (N-methyl/N-ethyl adjacent to an activating group) is 1. The molecular formula is C27H29FN4O4. The lowest BCUT2D eigenvalue weighted by Crippen LogP contribution is -2.50. The summed E-state index contributed by atoms with van der Waals surface area (Å²) in [4.78, 5) is 38.1. The van der Waals surface area contributed by atoms with E-state index in [1.54, 1.807) is 49.6 Å². The Balaban J connectivity index is 1.67. The Bertz CT molecular complexity index is 1240. The minimum atomic E-state index is -0.507. The van der Waals surface area contributed by atoms with E-state index in [9.17, 15) is 19.1 Å². The number of fused-ring (bicyclic) bond motifs is 1. The van der Waals surface area contributed by atoms with Gasteiger partial charge in [0.2, 0.25) is 5.88 Å². The molecule has 0 spiro atoms. The lowest BCUT2D eigenvalue weighted by atomic mass is 9.99. The predicted molar refractivity (Wildman–Crippen MR) is 132 cm³/mol. The zero-order valence-electron chi connectivity index (χ0n) is 20.5. The van der Waals surface area contributed by atoms with Gasteiger partial charge < -0.3 is 19.6 Å². The van der Waals surface area contributed by atoms with E-state index >= 15 is 0 Å². The molecule has 0 fully saturated rings. The molecule has 1 N–H and O–H groups in total. The van der Waals surface area contributed by atoms with Crippen molar-refractivity contribution in [3.8, 4) is 17.0 Å². The number of carbonyl (C=O) groups excluding carboxylic acids is 2. The summed E-state index contributed by atoms with van der Waals surface area (Å²) in [5.74, 6) is -1.15.